The lowest BCUT2D eigenvalue weighted by atomic mass is 9.40. The van der Waals surface area contributed by atoms with Crippen LogP contribution in [0.4, 0.5) is 0 Å². The third kappa shape index (κ3) is 30.0. The van der Waals surface area contributed by atoms with Crippen LogP contribution in [0.2, 0.25) is 0 Å². The zero-order valence-electron chi connectivity index (χ0n) is 90.2. The van der Waals surface area contributed by atoms with Gasteiger partial charge >= 0.3 is 0 Å². The molecule has 33 atom stereocenters. The van der Waals surface area contributed by atoms with Crippen molar-refractivity contribution in [3.8, 4) is 0 Å². The van der Waals surface area contributed by atoms with Gasteiger partial charge in [-0.25, -0.2) is 0 Å². The predicted molar refractivity (Wildman–Crippen MR) is 552 cm³/mol. The molecule has 0 aliphatic heterocycles. The van der Waals surface area contributed by atoms with Crippen LogP contribution in [0.5, 0.6) is 0 Å². The molecule has 0 saturated heterocycles. The number of hydrogen-bond donors (Lipinski definition) is 4. The molecule has 126 heavy (non-hydrogen) atoms. The van der Waals surface area contributed by atoms with Crippen molar-refractivity contribution in [3.05, 3.63) is 10.4 Å². The zero-order chi connectivity index (χ0) is 94.0. The minimum atomic E-state index is 0.212. The summed E-state index contributed by atoms with van der Waals surface area (Å²) in [5.74, 6) is 21.2. The molecule has 0 unspecified atom stereocenters. The van der Waals surface area contributed by atoms with Gasteiger partial charge in [0.2, 0.25) is 0 Å². The molecule has 0 aromatic carbocycles. The Morgan fingerprint density at radius 2 is 0.722 bits per heavy atom. The van der Waals surface area contributed by atoms with Crippen molar-refractivity contribution in [2.75, 3.05) is 52.6 Å². The van der Waals surface area contributed by atoms with E-state index in [9.17, 15) is 5.11 Å². The number of nitrogens with zero attached hydrogens (tertiary/aromatic N) is 3. The average molecular weight is 1770 g/mol. The third-order valence-corrected chi connectivity index (χ3v) is 39.4. The number of aliphatic hydroxyl groups excluding tert-OH is 1. The Labute approximate surface area is 788 Å². The van der Waals surface area contributed by atoms with E-state index in [4.69, 9.17) is 36.9 Å². The topological polar surface area (TPSA) is 175 Å². The van der Waals surface area contributed by atoms with Crippen LogP contribution in [0.25, 0.3) is 10.4 Å². The van der Waals surface area contributed by atoms with Crippen molar-refractivity contribution in [1.29, 1.82) is 0 Å². The number of nitrogens with two attached hydrogens (primary N) is 3. The fraction of sp³-hybridized carbons (Fsp3) is 1.00. The van der Waals surface area contributed by atoms with Crippen LogP contribution in [0.15, 0.2) is 5.11 Å². The van der Waals surface area contributed by atoms with Gasteiger partial charge in [-0.15, -0.1) is 0 Å². The van der Waals surface area contributed by atoms with Gasteiger partial charge < -0.3 is 36.5 Å². The predicted octanol–water partition coefficient (Wildman–Crippen LogP) is 34.0. The van der Waals surface area contributed by atoms with E-state index in [-0.39, 0.29) is 5.41 Å². The molecule has 0 heterocycles. The lowest BCUT2D eigenvalue weighted by Crippen LogP contribution is -2.63. The summed E-state index contributed by atoms with van der Waals surface area (Å²) in [4.78, 5) is 2.60. The van der Waals surface area contributed by atoms with Gasteiger partial charge in [0.05, 0.1) is 18.3 Å². The first kappa shape index (κ1) is 117. The van der Waals surface area contributed by atoms with E-state index in [0.29, 0.717) is 102 Å². The number of fused-ring (bicyclic) bond motifs is 15. The van der Waals surface area contributed by atoms with E-state index in [0.717, 1.165) is 177 Å². The number of ether oxygens (including phenoxy) is 3. The monoisotopic (exact) mass is 1770 g/mol. The first-order chi connectivity index (χ1) is 60.5. The van der Waals surface area contributed by atoms with Gasteiger partial charge in [0.15, 0.2) is 0 Å². The summed E-state index contributed by atoms with van der Waals surface area (Å²) in [6, 6.07) is 0. The summed E-state index contributed by atoms with van der Waals surface area (Å²) >= 11 is 0. The molecule has 0 aromatic rings. The van der Waals surface area contributed by atoms with Crippen LogP contribution < -0.4 is 17.2 Å². The van der Waals surface area contributed by atoms with E-state index in [1.54, 1.807) is 19.3 Å². The first-order valence-electron chi connectivity index (χ1n) is 57.0. The number of aliphatic hydroxyl groups is 1. The van der Waals surface area contributed by atoms with Gasteiger partial charge in [-0.2, -0.15) is 0 Å². The Hall–Kier alpha value is -0.970. The molecule has 7 N–H and O–H groups in total. The molecular weight excluding hydrogens is 1540 g/mol. The van der Waals surface area contributed by atoms with Crippen LogP contribution in [-0.4, -0.2) is 76.0 Å². The Kier molecular flexibility index (Phi) is 56.4. The van der Waals surface area contributed by atoms with E-state index in [1.807, 2.05) is 27.7 Å². The molecule has 12 aliphatic rings. The van der Waals surface area contributed by atoms with Gasteiger partial charge in [0.25, 0.3) is 0 Å². The zero-order valence-corrected chi connectivity index (χ0v) is 90.2. The minimum Gasteiger partial charge on any atom is -0.396 e. The molecular formula is C116H228N6O4. The van der Waals surface area contributed by atoms with E-state index in [1.165, 1.54) is 244 Å². The Balaban J connectivity index is 0.000000344. The highest BCUT2D eigenvalue weighted by atomic mass is 16.5. The van der Waals surface area contributed by atoms with E-state index in [2.05, 4.69) is 176 Å². The van der Waals surface area contributed by atoms with E-state index >= 15 is 0 Å². The second-order valence-electron chi connectivity index (χ2n) is 46.9. The summed E-state index contributed by atoms with van der Waals surface area (Å²) < 4.78 is 20.2. The summed E-state index contributed by atoms with van der Waals surface area (Å²) in [7, 11) is 0. The minimum absolute atomic E-state index is 0.212. The SMILES string of the molecule is CC.CC.CCCC.CCCCCC.CCCCCCCCC.CCCCN=[N+]=[N-].CCCC[C@@H](C)[C@H]1CC[C@H]2[C@@H]3[C@H](C)C[C@@H]4C[C@H](C)CC[C@]4(C)[C@H]3C[C@H](C)[C@]12C.CCCC[C@@H](C)[C@H]1CC[C@H]2[C@@H]3[C@H](OCCCN)C[C@@H]4C[C@H](OCCCN)CC[C@]4(C)[C@H]3C[C@H](OCCCN)[C@]12C.C[C@@H]1CC[C@@]2(C)[C@@H](C1)C[C@@H](C)[C@@H]1[C@@H]2C[C@H](C)[C@]2(C)[C@@H]([C@H](C)CCCO)CC[C@@H]12. The average Bonchev–Trinajstić information content (AvgIpc) is 1.45. The van der Waals surface area contributed by atoms with Crippen molar-refractivity contribution in [2.45, 2.75) is 514 Å². The van der Waals surface area contributed by atoms with Gasteiger partial charge in [0.1, 0.15) is 0 Å². The van der Waals surface area contributed by atoms with Crippen molar-refractivity contribution in [3.63, 3.8) is 0 Å². The molecule has 10 heteroatoms. The Morgan fingerprint density at radius 1 is 0.365 bits per heavy atom. The smallest absolute Gasteiger partial charge is 0.0637 e. The summed E-state index contributed by atoms with van der Waals surface area (Å²) in [5, 5.41) is 12.7. The largest absolute Gasteiger partial charge is 0.396 e. The van der Waals surface area contributed by atoms with Crippen LogP contribution in [0, 0.1) is 175 Å². The van der Waals surface area contributed by atoms with Crippen LogP contribution in [0.3, 0.4) is 0 Å². The van der Waals surface area contributed by atoms with Crippen molar-refractivity contribution < 1.29 is 19.3 Å². The Morgan fingerprint density at radius 3 is 1.12 bits per heavy atom. The normalized spacial score (nSPS) is 39.4. The maximum absolute atomic E-state index is 9.35. The van der Waals surface area contributed by atoms with Crippen molar-refractivity contribution >= 4 is 0 Å². The molecule has 12 rings (SSSR count). The molecule has 10 nitrogen and oxygen atoms in total. The lowest BCUT2D eigenvalue weighted by molar-refractivity contribution is -0.227. The van der Waals surface area contributed by atoms with Gasteiger partial charge in [-0.1, -0.05) is 340 Å². The van der Waals surface area contributed by atoms with Crippen molar-refractivity contribution in [1.82, 2.24) is 0 Å². The first-order valence-corrected chi connectivity index (χ1v) is 57.0. The van der Waals surface area contributed by atoms with Crippen LogP contribution >= 0.6 is 0 Å². The second-order valence-corrected chi connectivity index (χ2v) is 46.9. The summed E-state index contributed by atoms with van der Waals surface area (Å²) in [5.41, 5.74) is 28.3. The number of rotatable bonds is 37. The summed E-state index contributed by atoms with van der Waals surface area (Å²) in [6.45, 7) is 73.1. The molecule has 0 bridgehead atoms. The van der Waals surface area contributed by atoms with Gasteiger partial charge in [-0.3, -0.25) is 0 Å². The molecule has 12 aliphatic carbocycles. The fourth-order valence-electron chi connectivity index (χ4n) is 31.8. The maximum atomic E-state index is 9.35. The van der Waals surface area contributed by atoms with Crippen LogP contribution in [0.1, 0.15) is 496 Å². The molecule has 746 valence electrons. The number of unbranched alkanes of at least 4 members (excludes halogenated alkanes) is 13. The third-order valence-electron chi connectivity index (χ3n) is 39.4. The fourth-order valence-corrected chi connectivity index (χ4v) is 31.8. The molecule has 0 aromatic heterocycles. The second kappa shape index (κ2) is 60.6. The standard InChI is InChI=1S/C34H65N3O3.C28H50.C27H48O.C9H20.C6H14.C4H9N3.C4H10.2C2H6/c1-5-6-10-24(2)27-11-12-28-32-29(23-31(34(27,28)4)40-20-9-17-37)33(3)14-13-26(38-18-7-15-35)21-25(33)22-30(32)39-19-8-16-36;1-8-9-10-19(3)23-11-12-24-26-20(4)16-22-15-18(2)13-14-27(22,6)25(26)17-21(5)28(23,24)7;1-17-11-12-26(5)21(14-17)15-19(3)25-23-10-9-22(18(2)8-7-13-28)27(23,6)20(4)16-24(25)26;1-3-5-7-9-8-6-4-2;1-3-5-6-4-2;1-2-3-4-6-7-5;1-3-4-2;2*1-2/h24-32H,5-23,35-37H2,1-4H3;18-26H,8-17H2,1-7H3;17-25,28H,7-16H2,1-6H3;3-9H2,1-2H3;3-6H2,1-2H3;2-4H2,1H3;3-4H2,1-2H3;2*1-2H3/t24-,25+,26-,27-,28+,29+,30-,31+,32+,33+,34-;18-,19-,20-,21+,22+,23-,24+,25+,26+,27+,28-;17-,18-,19-,20+,21+,22-,23+,24+,25+,26+,27-;;;;;;/m111....../s1. The Bertz CT molecular complexity index is 2690. The number of azide groups is 1. The highest BCUT2D eigenvalue weighted by Gasteiger charge is 2.69. The molecule has 0 amide bonds. The number of hydrogen-bond acceptors (Lipinski definition) is 8. The summed E-state index contributed by atoms with van der Waals surface area (Å²) in [6.07, 6.45) is 64.3. The van der Waals surface area contributed by atoms with Gasteiger partial charge in [-0.05, 0) is 355 Å². The highest BCUT2D eigenvalue weighted by Crippen LogP contribution is 2.75. The maximum Gasteiger partial charge on any atom is 0.0637 e. The quantitative estimate of drug-likeness (QED) is 0.0207. The van der Waals surface area contributed by atoms with Crippen molar-refractivity contribution in [2.24, 2.45) is 197 Å². The molecule has 12 saturated carbocycles. The van der Waals surface area contributed by atoms with E-state index < -0.39 is 0 Å². The lowest BCUT2D eigenvalue weighted by Gasteiger charge is -2.65. The molecule has 0 spiro atoms. The molecule has 12 fully saturated rings. The highest BCUT2D eigenvalue weighted by molar-refractivity contribution is 5.18. The van der Waals surface area contributed by atoms with Crippen LogP contribution in [-0.2, 0) is 14.2 Å². The van der Waals surface area contributed by atoms with Gasteiger partial charge in [0, 0.05) is 43.3 Å². The molecule has 0 radical (unpaired) electrons.